The van der Waals surface area contributed by atoms with Crippen molar-refractivity contribution in [2.24, 2.45) is 5.10 Å². The number of sulfonamides is 1. The fourth-order valence-corrected chi connectivity index (χ4v) is 6.31. The fraction of sp³-hybridized carbons (Fsp3) is 0.407. The third kappa shape index (κ3) is 6.14. The van der Waals surface area contributed by atoms with E-state index in [1.807, 2.05) is 40.0 Å². The van der Waals surface area contributed by atoms with Gasteiger partial charge in [-0.3, -0.25) is 5.43 Å². The molecule has 0 aliphatic heterocycles. The van der Waals surface area contributed by atoms with Gasteiger partial charge in [0.1, 0.15) is 0 Å². The minimum Gasteiger partial charge on any atom is -0.347 e. The first-order valence-corrected chi connectivity index (χ1v) is 14.3. The highest BCUT2D eigenvalue weighted by molar-refractivity contribution is 7.89. The Hall–Kier alpha value is -2.75. The fourth-order valence-electron chi connectivity index (χ4n) is 4.51. The van der Waals surface area contributed by atoms with Crippen molar-refractivity contribution in [2.75, 3.05) is 18.4 Å². The number of benzene rings is 2. The Morgan fingerprint density at radius 1 is 1.06 bits per heavy atom. The van der Waals surface area contributed by atoms with Gasteiger partial charge >= 0.3 is 0 Å². The number of anilines is 1. The standard InChI is InChI=1S/C27H37N5O2S2/c1-7-12-32(13-8-2)36(33,34)23-10-11-25-24(16-23)22(18-31(25)9-3)17-28-30-27(35)29-26-20(5)14-19(4)15-21(26)6/h10-11,14-18H,7-9,12-13H2,1-6H3,(H2,29,30,35)/b28-17+. The first kappa shape index (κ1) is 27.8. The van der Waals surface area contributed by atoms with E-state index in [0.29, 0.717) is 23.1 Å². The van der Waals surface area contributed by atoms with Gasteiger partial charge in [0.05, 0.1) is 11.1 Å². The van der Waals surface area contributed by atoms with Crippen molar-refractivity contribution >= 4 is 50.2 Å². The molecular weight excluding hydrogens is 490 g/mol. The molecule has 9 heteroatoms. The predicted molar refractivity (Wildman–Crippen MR) is 155 cm³/mol. The average molecular weight is 528 g/mol. The van der Waals surface area contributed by atoms with Gasteiger partial charge in [0, 0.05) is 48.0 Å². The molecule has 0 amide bonds. The zero-order chi connectivity index (χ0) is 26.5. The van der Waals surface area contributed by atoms with Crippen LogP contribution in [-0.2, 0) is 16.6 Å². The van der Waals surface area contributed by atoms with E-state index in [2.05, 4.69) is 46.4 Å². The summed E-state index contributed by atoms with van der Waals surface area (Å²) in [5.41, 5.74) is 9.06. The van der Waals surface area contributed by atoms with Gasteiger partial charge in [-0.05, 0) is 82.1 Å². The van der Waals surface area contributed by atoms with Crippen LogP contribution in [0.5, 0.6) is 0 Å². The van der Waals surface area contributed by atoms with Gasteiger partial charge in [0.2, 0.25) is 10.0 Å². The second-order valence-electron chi connectivity index (χ2n) is 9.05. The van der Waals surface area contributed by atoms with Crippen LogP contribution in [0.25, 0.3) is 10.9 Å². The lowest BCUT2D eigenvalue weighted by Gasteiger charge is -2.21. The van der Waals surface area contributed by atoms with Crippen molar-refractivity contribution < 1.29 is 8.42 Å². The van der Waals surface area contributed by atoms with E-state index in [1.54, 1.807) is 22.7 Å². The Labute approximate surface area is 220 Å². The van der Waals surface area contributed by atoms with Crippen molar-refractivity contribution in [3.63, 3.8) is 0 Å². The third-order valence-corrected chi connectivity index (χ3v) is 8.18. The predicted octanol–water partition coefficient (Wildman–Crippen LogP) is 5.72. The van der Waals surface area contributed by atoms with Crippen molar-refractivity contribution in [3.05, 3.63) is 58.8 Å². The summed E-state index contributed by atoms with van der Waals surface area (Å²) in [6.07, 6.45) is 5.20. The van der Waals surface area contributed by atoms with Crippen molar-refractivity contribution in [1.29, 1.82) is 0 Å². The van der Waals surface area contributed by atoms with Gasteiger partial charge in [0.25, 0.3) is 0 Å². The Bertz CT molecular complexity index is 1350. The molecule has 2 N–H and O–H groups in total. The van der Waals surface area contributed by atoms with Crippen LogP contribution in [0.15, 0.2) is 46.5 Å². The molecule has 36 heavy (non-hydrogen) atoms. The van der Waals surface area contributed by atoms with Crippen LogP contribution in [0.3, 0.4) is 0 Å². The van der Waals surface area contributed by atoms with E-state index in [1.165, 1.54) is 5.56 Å². The average Bonchev–Trinajstić information content (AvgIpc) is 3.18. The van der Waals surface area contributed by atoms with Crippen LogP contribution >= 0.6 is 12.2 Å². The smallest absolute Gasteiger partial charge is 0.243 e. The van der Waals surface area contributed by atoms with Crippen LogP contribution in [0.1, 0.15) is 55.9 Å². The number of hydrazone groups is 1. The number of hydrogen-bond acceptors (Lipinski definition) is 4. The largest absolute Gasteiger partial charge is 0.347 e. The molecule has 0 radical (unpaired) electrons. The number of nitrogens with zero attached hydrogens (tertiary/aromatic N) is 3. The van der Waals surface area contributed by atoms with E-state index in [-0.39, 0.29) is 0 Å². The lowest BCUT2D eigenvalue weighted by atomic mass is 10.1. The minimum atomic E-state index is -3.58. The quantitative estimate of drug-likeness (QED) is 0.200. The summed E-state index contributed by atoms with van der Waals surface area (Å²) in [7, 11) is -3.58. The number of aromatic nitrogens is 1. The maximum atomic E-state index is 13.3. The van der Waals surface area contributed by atoms with Crippen LogP contribution in [-0.4, -0.2) is 41.7 Å². The lowest BCUT2D eigenvalue weighted by Crippen LogP contribution is -2.32. The summed E-state index contributed by atoms with van der Waals surface area (Å²) >= 11 is 5.45. The van der Waals surface area contributed by atoms with E-state index in [0.717, 1.165) is 52.7 Å². The molecule has 0 spiro atoms. The molecule has 3 rings (SSSR count). The third-order valence-electron chi connectivity index (χ3n) is 6.09. The Morgan fingerprint density at radius 2 is 1.69 bits per heavy atom. The van der Waals surface area contributed by atoms with Gasteiger partial charge in [-0.25, -0.2) is 8.42 Å². The highest BCUT2D eigenvalue weighted by atomic mass is 32.2. The zero-order valence-electron chi connectivity index (χ0n) is 22.1. The normalized spacial score (nSPS) is 12.1. The summed E-state index contributed by atoms with van der Waals surface area (Å²) in [5, 5.41) is 8.80. The number of hydrogen-bond donors (Lipinski definition) is 2. The van der Waals surface area contributed by atoms with Gasteiger partial charge < -0.3 is 9.88 Å². The minimum absolute atomic E-state index is 0.302. The molecule has 1 aromatic heterocycles. The molecule has 0 fully saturated rings. The number of thiocarbonyl (C=S) groups is 1. The van der Waals surface area contributed by atoms with Crippen molar-refractivity contribution in [1.82, 2.24) is 14.3 Å². The number of fused-ring (bicyclic) bond motifs is 1. The molecule has 2 aromatic carbocycles. The summed E-state index contributed by atoms with van der Waals surface area (Å²) in [5.74, 6) is 0. The van der Waals surface area contributed by atoms with Crippen molar-refractivity contribution in [3.8, 4) is 0 Å². The molecule has 0 aliphatic rings. The molecule has 0 saturated heterocycles. The maximum Gasteiger partial charge on any atom is 0.243 e. The number of rotatable bonds is 10. The molecule has 0 bridgehead atoms. The highest BCUT2D eigenvalue weighted by Crippen LogP contribution is 2.26. The Balaban J connectivity index is 1.87. The number of nitrogens with one attached hydrogen (secondary N) is 2. The van der Waals surface area contributed by atoms with Crippen LogP contribution in [0.2, 0.25) is 0 Å². The molecule has 1 heterocycles. The highest BCUT2D eigenvalue weighted by Gasteiger charge is 2.24. The molecule has 3 aromatic rings. The van der Waals surface area contributed by atoms with E-state index in [4.69, 9.17) is 12.2 Å². The Kier molecular flexibility index (Phi) is 9.27. The van der Waals surface area contributed by atoms with Crippen LogP contribution in [0.4, 0.5) is 5.69 Å². The first-order valence-electron chi connectivity index (χ1n) is 12.4. The van der Waals surface area contributed by atoms with Gasteiger partial charge in [-0.1, -0.05) is 31.5 Å². The summed E-state index contributed by atoms with van der Waals surface area (Å²) in [6.45, 7) is 14.0. The van der Waals surface area contributed by atoms with E-state index in [9.17, 15) is 8.42 Å². The first-order chi connectivity index (χ1) is 17.1. The summed E-state index contributed by atoms with van der Waals surface area (Å²) in [6, 6.07) is 9.55. The van der Waals surface area contributed by atoms with E-state index >= 15 is 0 Å². The monoisotopic (exact) mass is 527 g/mol. The molecular formula is C27H37N5O2S2. The summed E-state index contributed by atoms with van der Waals surface area (Å²) in [4.78, 5) is 0.302. The molecule has 194 valence electrons. The molecule has 7 nitrogen and oxygen atoms in total. The topological polar surface area (TPSA) is 78.7 Å². The number of aryl methyl sites for hydroxylation is 4. The van der Waals surface area contributed by atoms with Crippen LogP contribution < -0.4 is 10.7 Å². The summed E-state index contributed by atoms with van der Waals surface area (Å²) < 4.78 is 30.3. The Morgan fingerprint density at radius 3 is 2.28 bits per heavy atom. The van der Waals surface area contributed by atoms with Gasteiger partial charge in [0.15, 0.2) is 5.11 Å². The molecule has 0 unspecified atom stereocenters. The maximum absolute atomic E-state index is 13.3. The second kappa shape index (κ2) is 12.0. The SMILES string of the molecule is CCCN(CCC)S(=O)(=O)c1ccc2c(c1)c(/C=N/NC(=S)Nc1c(C)cc(C)cc1C)cn2CC. The second-order valence-corrected chi connectivity index (χ2v) is 11.4. The molecule has 0 atom stereocenters. The van der Waals surface area contributed by atoms with Gasteiger partial charge in [-0.2, -0.15) is 9.41 Å². The van der Waals surface area contributed by atoms with E-state index < -0.39 is 10.0 Å². The molecule has 0 aliphatic carbocycles. The van der Waals surface area contributed by atoms with Gasteiger partial charge in [-0.15, -0.1) is 0 Å². The lowest BCUT2D eigenvalue weighted by molar-refractivity contribution is 0.410. The van der Waals surface area contributed by atoms with Crippen LogP contribution in [0, 0.1) is 20.8 Å². The zero-order valence-corrected chi connectivity index (χ0v) is 23.7. The molecule has 0 saturated carbocycles. The van der Waals surface area contributed by atoms with Crippen molar-refractivity contribution in [2.45, 2.75) is 65.8 Å².